The van der Waals surface area contributed by atoms with Gasteiger partial charge in [0.25, 0.3) is 5.91 Å². The zero-order valence-electron chi connectivity index (χ0n) is 17.6. The van der Waals surface area contributed by atoms with Gasteiger partial charge in [-0.15, -0.1) is 24.0 Å². The van der Waals surface area contributed by atoms with Gasteiger partial charge >= 0.3 is 6.18 Å². The lowest BCUT2D eigenvalue weighted by molar-refractivity contribution is -0.143. The van der Waals surface area contributed by atoms with Gasteiger partial charge in [0.2, 0.25) is 0 Å². The number of amides is 1. The van der Waals surface area contributed by atoms with Crippen molar-refractivity contribution < 1.29 is 22.4 Å². The van der Waals surface area contributed by atoms with Crippen molar-refractivity contribution in [2.24, 2.45) is 4.99 Å². The van der Waals surface area contributed by atoms with Crippen molar-refractivity contribution in [3.8, 4) is 0 Å². The molecule has 1 aromatic carbocycles. The average molecular weight is 565 g/mol. The van der Waals surface area contributed by atoms with Gasteiger partial charge < -0.3 is 20.4 Å². The van der Waals surface area contributed by atoms with Crippen LogP contribution in [0.3, 0.4) is 0 Å². The maximum Gasteiger partial charge on any atom is 0.401 e. The van der Waals surface area contributed by atoms with E-state index in [1.807, 2.05) is 6.07 Å². The van der Waals surface area contributed by atoms with Crippen molar-refractivity contribution in [1.82, 2.24) is 20.9 Å². The Bertz CT molecular complexity index is 890. The van der Waals surface area contributed by atoms with Crippen LogP contribution >= 0.6 is 24.0 Å². The maximum atomic E-state index is 12.5. The summed E-state index contributed by atoms with van der Waals surface area (Å²) in [5, 5.41) is 9.11. The van der Waals surface area contributed by atoms with Crippen molar-refractivity contribution in [2.45, 2.75) is 31.7 Å². The van der Waals surface area contributed by atoms with Crippen LogP contribution in [0.2, 0.25) is 0 Å². The van der Waals surface area contributed by atoms with Crippen LogP contribution in [-0.2, 0) is 13.1 Å². The highest BCUT2D eigenvalue weighted by atomic mass is 127. The van der Waals surface area contributed by atoms with Crippen molar-refractivity contribution in [2.75, 3.05) is 26.7 Å². The largest absolute Gasteiger partial charge is 0.467 e. The number of hydrogen-bond donors (Lipinski definition) is 3. The van der Waals surface area contributed by atoms with Crippen LogP contribution < -0.4 is 16.0 Å². The number of carbonyl (C=O) groups is 1. The van der Waals surface area contributed by atoms with Gasteiger partial charge in [0.15, 0.2) is 5.96 Å². The Kier molecular flexibility index (Phi) is 9.82. The Morgan fingerprint density at radius 2 is 2.03 bits per heavy atom. The third-order valence-electron chi connectivity index (χ3n) is 4.89. The lowest BCUT2D eigenvalue weighted by atomic mass is 10.1. The van der Waals surface area contributed by atoms with Crippen LogP contribution in [0.15, 0.2) is 52.1 Å². The van der Waals surface area contributed by atoms with Crippen LogP contribution in [0, 0.1) is 0 Å². The molecule has 3 rings (SSSR count). The Morgan fingerprint density at radius 1 is 1.22 bits per heavy atom. The van der Waals surface area contributed by atoms with Gasteiger partial charge in [0.1, 0.15) is 5.76 Å². The summed E-state index contributed by atoms with van der Waals surface area (Å²) in [4.78, 5) is 17.9. The van der Waals surface area contributed by atoms with E-state index in [0.717, 1.165) is 5.56 Å². The second-order valence-electron chi connectivity index (χ2n) is 7.37. The monoisotopic (exact) mass is 565 g/mol. The SMILES string of the molecule is CN=C(NCc1cccc(C(=O)NCc2ccco2)c1)NC1CCN(CC(F)(F)F)C1.I. The third-order valence-corrected chi connectivity index (χ3v) is 4.89. The van der Waals surface area contributed by atoms with E-state index >= 15 is 0 Å². The molecule has 0 bridgehead atoms. The van der Waals surface area contributed by atoms with Crippen LogP contribution in [0.25, 0.3) is 0 Å². The van der Waals surface area contributed by atoms with Crippen LogP contribution in [0.4, 0.5) is 13.2 Å². The second-order valence-corrected chi connectivity index (χ2v) is 7.37. The number of furan rings is 1. The molecule has 1 atom stereocenters. The van der Waals surface area contributed by atoms with Crippen LogP contribution in [0.5, 0.6) is 0 Å². The zero-order chi connectivity index (χ0) is 22.3. The number of alkyl halides is 3. The third kappa shape index (κ3) is 8.34. The normalized spacial score (nSPS) is 17.0. The van der Waals surface area contributed by atoms with E-state index in [1.165, 1.54) is 4.90 Å². The molecule has 1 aliphatic heterocycles. The summed E-state index contributed by atoms with van der Waals surface area (Å²) in [6.45, 7) is 0.524. The highest BCUT2D eigenvalue weighted by Gasteiger charge is 2.34. The molecule has 1 aromatic heterocycles. The fourth-order valence-corrected chi connectivity index (χ4v) is 3.43. The first-order valence-corrected chi connectivity index (χ1v) is 9.98. The van der Waals surface area contributed by atoms with E-state index in [1.54, 1.807) is 43.6 Å². The number of rotatable bonds is 7. The summed E-state index contributed by atoms with van der Waals surface area (Å²) >= 11 is 0. The molecule has 0 aliphatic carbocycles. The van der Waals surface area contributed by atoms with Crippen molar-refractivity contribution in [3.63, 3.8) is 0 Å². The molecular weight excluding hydrogens is 538 g/mol. The van der Waals surface area contributed by atoms with E-state index < -0.39 is 12.7 Å². The number of benzene rings is 1. The molecule has 2 heterocycles. The first-order valence-electron chi connectivity index (χ1n) is 9.98. The Hall–Kier alpha value is -2.28. The average Bonchev–Trinajstić information content (AvgIpc) is 3.40. The molecule has 176 valence electrons. The van der Waals surface area contributed by atoms with Gasteiger partial charge in [0, 0.05) is 38.3 Å². The summed E-state index contributed by atoms with van der Waals surface area (Å²) in [6, 6.07) is 10.6. The molecule has 11 heteroatoms. The predicted molar refractivity (Wildman–Crippen MR) is 126 cm³/mol. The topological polar surface area (TPSA) is 81.9 Å². The molecule has 1 fully saturated rings. The molecule has 1 saturated heterocycles. The Balaban J connectivity index is 0.00000363. The predicted octanol–water partition coefficient (Wildman–Crippen LogP) is 3.13. The minimum Gasteiger partial charge on any atom is -0.467 e. The number of guanidine groups is 1. The lowest BCUT2D eigenvalue weighted by Crippen LogP contribution is -2.44. The number of hydrogen-bond acceptors (Lipinski definition) is 4. The molecule has 3 N–H and O–H groups in total. The lowest BCUT2D eigenvalue weighted by Gasteiger charge is -2.20. The van der Waals surface area contributed by atoms with Gasteiger partial charge in [-0.1, -0.05) is 12.1 Å². The van der Waals surface area contributed by atoms with Gasteiger partial charge in [0.05, 0.1) is 19.4 Å². The number of aliphatic imine (C=N–C) groups is 1. The van der Waals surface area contributed by atoms with Gasteiger partial charge in [-0.3, -0.25) is 14.7 Å². The summed E-state index contributed by atoms with van der Waals surface area (Å²) in [5.41, 5.74) is 1.39. The van der Waals surface area contributed by atoms with Gasteiger partial charge in [-0.2, -0.15) is 13.2 Å². The number of nitrogens with zero attached hydrogens (tertiary/aromatic N) is 2. The molecule has 7 nitrogen and oxygen atoms in total. The quantitative estimate of drug-likeness (QED) is 0.273. The number of halogens is 4. The summed E-state index contributed by atoms with van der Waals surface area (Å²) in [5.74, 6) is 0.963. The summed E-state index contributed by atoms with van der Waals surface area (Å²) in [6.07, 6.45) is -2.03. The number of likely N-dealkylation sites (tertiary alicyclic amines) is 1. The number of nitrogens with one attached hydrogen (secondary N) is 3. The van der Waals surface area contributed by atoms with Crippen LogP contribution in [-0.4, -0.2) is 55.7 Å². The summed E-state index contributed by atoms with van der Waals surface area (Å²) in [7, 11) is 1.61. The van der Waals surface area contributed by atoms with Crippen molar-refractivity contribution >= 4 is 35.8 Å². The summed E-state index contributed by atoms with van der Waals surface area (Å²) < 4.78 is 42.9. The molecule has 0 spiro atoms. The van der Waals surface area contributed by atoms with E-state index in [-0.39, 0.29) is 35.9 Å². The molecule has 0 saturated carbocycles. The zero-order valence-corrected chi connectivity index (χ0v) is 19.9. The fourth-order valence-electron chi connectivity index (χ4n) is 3.43. The minimum absolute atomic E-state index is 0. The smallest absolute Gasteiger partial charge is 0.401 e. The van der Waals surface area contributed by atoms with E-state index in [0.29, 0.717) is 49.9 Å². The maximum absolute atomic E-state index is 12.5. The fraction of sp³-hybridized carbons (Fsp3) is 0.429. The molecule has 1 aliphatic rings. The number of carbonyl (C=O) groups excluding carboxylic acids is 1. The first-order chi connectivity index (χ1) is 14.8. The minimum atomic E-state index is -4.19. The van der Waals surface area contributed by atoms with E-state index in [9.17, 15) is 18.0 Å². The van der Waals surface area contributed by atoms with Gasteiger partial charge in [-0.05, 0) is 36.2 Å². The first kappa shape index (κ1) is 26.0. The standard InChI is InChI=1S/C21H26F3N5O2.HI/c1-25-20(28-17-7-8-29(13-17)14-21(22,23)24)27-11-15-4-2-5-16(10-15)19(30)26-12-18-6-3-9-31-18;/h2-6,9-10,17H,7-8,11-14H2,1H3,(H,26,30)(H2,25,27,28);1H. The van der Waals surface area contributed by atoms with Gasteiger partial charge in [-0.25, -0.2) is 0 Å². The molecule has 1 amide bonds. The molecule has 2 aromatic rings. The van der Waals surface area contributed by atoms with Crippen molar-refractivity contribution in [3.05, 3.63) is 59.5 Å². The van der Waals surface area contributed by atoms with Crippen molar-refractivity contribution in [1.29, 1.82) is 0 Å². The highest BCUT2D eigenvalue weighted by Crippen LogP contribution is 2.19. The molecular formula is C21H27F3IN5O2. The Morgan fingerprint density at radius 3 is 2.72 bits per heavy atom. The van der Waals surface area contributed by atoms with E-state index in [4.69, 9.17) is 4.42 Å². The molecule has 32 heavy (non-hydrogen) atoms. The molecule has 0 radical (unpaired) electrons. The highest BCUT2D eigenvalue weighted by molar-refractivity contribution is 14.0. The van der Waals surface area contributed by atoms with E-state index in [2.05, 4.69) is 20.9 Å². The Labute approximate surface area is 201 Å². The second kappa shape index (κ2) is 12.1. The van der Waals surface area contributed by atoms with Crippen LogP contribution in [0.1, 0.15) is 28.1 Å². The molecule has 1 unspecified atom stereocenters.